The number of anilines is 2. The number of carbonyl (C=O) groups is 4. The van der Waals surface area contributed by atoms with Crippen molar-refractivity contribution in [3.05, 3.63) is 53.0 Å². The molecular formula is C25H30N6O7. The summed E-state index contributed by atoms with van der Waals surface area (Å²) >= 11 is 0. The molecule has 3 rings (SSSR count). The number of fused-ring (bicyclic) bond motifs is 1. The lowest BCUT2D eigenvalue weighted by Gasteiger charge is -2.18. The molecule has 2 aromatic heterocycles. The molecule has 0 saturated heterocycles. The smallest absolute Gasteiger partial charge is 0.419 e. The van der Waals surface area contributed by atoms with Gasteiger partial charge in [-0.3, -0.25) is 9.59 Å². The number of hydrogen-bond acceptors (Lipinski definition) is 10. The van der Waals surface area contributed by atoms with Crippen LogP contribution in [-0.4, -0.2) is 74.5 Å². The molecule has 38 heavy (non-hydrogen) atoms. The first-order valence-corrected chi connectivity index (χ1v) is 11.9. The van der Waals surface area contributed by atoms with Crippen molar-refractivity contribution in [2.45, 2.75) is 40.7 Å². The number of nitrogens with one attached hydrogen (secondary N) is 2. The van der Waals surface area contributed by atoms with Crippen LogP contribution in [0.3, 0.4) is 0 Å². The first kappa shape index (κ1) is 28.1. The third-order valence-electron chi connectivity index (χ3n) is 5.65. The van der Waals surface area contributed by atoms with Crippen molar-refractivity contribution in [1.82, 2.24) is 24.8 Å². The number of benzene rings is 1. The predicted molar refractivity (Wildman–Crippen MR) is 136 cm³/mol. The highest BCUT2D eigenvalue weighted by Crippen LogP contribution is 2.28. The summed E-state index contributed by atoms with van der Waals surface area (Å²) in [4.78, 5) is 54.6. The van der Waals surface area contributed by atoms with E-state index in [1.807, 2.05) is 19.9 Å². The Bertz CT molecular complexity index is 1370. The molecule has 0 radical (unpaired) electrons. The molecule has 1 atom stereocenters. The van der Waals surface area contributed by atoms with Crippen LogP contribution in [0.4, 0.5) is 16.3 Å². The molecule has 3 N–H and O–H groups in total. The second kappa shape index (κ2) is 12.1. The van der Waals surface area contributed by atoms with Crippen LogP contribution < -0.4 is 10.6 Å². The zero-order chi connectivity index (χ0) is 28.0. The molecule has 1 unspecified atom stereocenters. The van der Waals surface area contributed by atoms with Crippen LogP contribution in [0.5, 0.6) is 0 Å². The average molecular weight is 527 g/mol. The van der Waals surface area contributed by atoms with Gasteiger partial charge in [-0.15, -0.1) is 0 Å². The van der Waals surface area contributed by atoms with E-state index in [0.717, 1.165) is 10.5 Å². The Kier molecular flexibility index (Phi) is 8.97. The molecule has 1 aromatic carbocycles. The molecule has 0 aliphatic heterocycles. The number of amides is 3. The zero-order valence-electron chi connectivity index (χ0n) is 21.8. The predicted octanol–water partition coefficient (Wildman–Crippen LogP) is 2.32. The number of aliphatic hydroxyl groups excluding tert-OH is 1. The maximum atomic E-state index is 13.3. The zero-order valence-corrected chi connectivity index (χ0v) is 21.8. The van der Waals surface area contributed by atoms with Gasteiger partial charge in [-0.05, 0) is 57.9 Å². The molecule has 0 saturated carbocycles. The maximum Gasteiger partial charge on any atom is 0.419 e. The van der Waals surface area contributed by atoms with Gasteiger partial charge in [0.1, 0.15) is 17.9 Å². The quantitative estimate of drug-likeness (QED) is 0.278. The van der Waals surface area contributed by atoms with Gasteiger partial charge < -0.3 is 25.2 Å². The summed E-state index contributed by atoms with van der Waals surface area (Å²) in [5.74, 6) is -1.43. The summed E-state index contributed by atoms with van der Waals surface area (Å²) in [5, 5.41) is 19.3. The second-order valence-electron chi connectivity index (χ2n) is 8.30. The fourth-order valence-corrected chi connectivity index (χ4v) is 3.59. The van der Waals surface area contributed by atoms with E-state index in [4.69, 9.17) is 9.84 Å². The van der Waals surface area contributed by atoms with Crippen molar-refractivity contribution in [3.63, 3.8) is 0 Å². The first-order chi connectivity index (χ1) is 18.1. The van der Waals surface area contributed by atoms with Crippen LogP contribution in [0.15, 0.2) is 30.7 Å². The number of nitrogens with zero attached hydrogens (tertiary/aromatic N) is 4. The summed E-state index contributed by atoms with van der Waals surface area (Å²) in [6.45, 7) is 7.93. The lowest BCUT2D eigenvalue weighted by Crippen LogP contribution is -2.38. The second-order valence-corrected chi connectivity index (χ2v) is 8.30. The van der Waals surface area contributed by atoms with E-state index in [-0.39, 0.29) is 18.0 Å². The third-order valence-corrected chi connectivity index (χ3v) is 5.65. The minimum atomic E-state index is -1.38. The molecule has 0 aliphatic rings. The Hall–Kier alpha value is -4.52. The molecular weight excluding hydrogens is 496 g/mol. The van der Waals surface area contributed by atoms with Crippen molar-refractivity contribution in [2.24, 2.45) is 0 Å². The summed E-state index contributed by atoms with van der Waals surface area (Å²) in [6, 6.07) is 5.25. The minimum absolute atomic E-state index is 0.0176. The van der Waals surface area contributed by atoms with E-state index < -0.39 is 30.9 Å². The van der Waals surface area contributed by atoms with Gasteiger partial charge in [-0.25, -0.2) is 24.0 Å². The van der Waals surface area contributed by atoms with Gasteiger partial charge in [0, 0.05) is 30.5 Å². The van der Waals surface area contributed by atoms with Crippen molar-refractivity contribution in [1.29, 1.82) is 0 Å². The molecule has 202 valence electrons. The van der Waals surface area contributed by atoms with Crippen molar-refractivity contribution in [3.8, 4) is 0 Å². The molecule has 3 amide bonds. The Morgan fingerprint density at radius 2 is 1.89 bits per heavy atom. The number of aliphatic hydroxyl groups is 1. The summed E-state index contributed by atoms with van der Waals surface area (Å²) in [5.41, 5.74) is 3.17. The van der Waals surface area contributed by atoms with E-state index in [2.05, 4.69) is 25.5 Å². The highest BCUT2D eigenvalue weighted by atomic mass is 16.7. The SMILES string of the molecule is CCNC(=O)c1ccc(C)c(Nc2ncnn3cc(C(=O)N(CC)C(=O)OCOC(=O)C(C)O)c(C)c23)c1. The van der Waals surface area contributed by atoms with Crippen LogP contribution in [0.25, 0.3) is 5.52 Å². The van der Waals surface area contributed by atoms with E-state index in [1.54, 1.807) is 26.0 Å². The maximum absolute atomic E-state index is 13.3. The Morgan fingerprint density at radius 1 is 1.16 bits per heavy atom. The van der Waals surface area contributed by atoms with Gasteiger partial charge >= 0.3 is 12.1 Å². The van der Waals surface area contributed by atoms with E-state index in [0.29, 0.717) is 34.7 Å². The third kappa shape index (κ3) is 6.06. The van der Waals surface area contributed by atoms with Gasteiger partial charge in [0.15, 0.2) is 5.82 Å². The van der Waals surface area contributed by atoms with E-state index in [9.17, 15) is 19.2 Å². The van der Waals surface area contributed by atoms with Crippen LogP contribution >= 0.6 is 0 Å². The number of rotatable bonds is 9. The molecule has 13 heteroatoms. The Morgan fingerprint density at radius 3 is 2.55 bits per heavy atom. The summed E-state index contributed by atoms with van der Waals surface area (Å²) in [7, 11) is 0. The lowest BCUT2D eigenvalue weighted by atomic mass is 10.1. The molecule has 0 aliphatic carbocycles. The largest absolute Gasteiger partial charge is 0.426 e. The number of ether oxygens (including phenoxy) is 2. The highest BCUT2D eigenvalue weighted by molar-refractivity contribution is 6.05. The fourth-order valence-electron chi connectivity index (χ4n) is 3.59. The number of imide groups is 1. The van der Waals surface area contributed by atoms with Crippen molar-refractivity contribution < 1.29 is 33.8 Å². The number of esters is 1. The Labute approximate surface area is 218 Å². The van der Waals surface area contributed by atoms with Crippen LogP contribution in [0.2, 0.25) is 0 Å². The van der Waals surface area contributed by atoms with E-state index >= 15 is 0 Å². The van der Waals surface area contributed by atoms with Crippen LogP contribution in [-0.2, 0) is 14.3 Å². The monoisotopic (exact) mass is 526 g/mol. The number of hydrogen-bond donors (Lipinski definition) is 3. The Balaban J connectivity index is 1.88. The highest BCUT2D eigenvalue weighted by Gasteiger charge is 2.27. The summed E-state index contributed by atoms with van der Waals surface area (Å²) in [6.07, 6.45) is 0.390. The topological polar surface area (TPSA) is 164 Å². The van der Waals surface area contributed by atoms with Crippen molar-refractivity contribution >= 4 is 40.9 Å². The normalized spacial score (nSPS) is 11.5. The van der Waals surface area contributed by atoms with Gasteiger partial charge in [0.25, 0.3) is 11.8 Å². The fraction of sp³-hybridized carbons (Fsp3) is 0.360. The van der Waals surface area contributed by atoms with Crippen LogP contribution in [0, 0.1) is 13.8 Å². The van der Waals surface area contributed by atoms with E-state index in [1.165, 1.54) is 24.0 Å². The molecule has 13 nitrogen and oxygen atoms in total. The van der Waals surface area contributed by atoms with Gasteiger partial charge in [-0.2, -0.15) is 5.10 Å². The standard InChI is InChI=1S/C25H30N6O7/c1-6-26-22(33)17-9-8-14(3)19(10-17)29-21-20-15(4)18(11-31(20)28-12-27-21)23(34)30(7-2)25(36)38-13-37-24(35)16(5)32/h8-12,16,32H,6-7,13H2,1-5H3,(H,26,33)(H,27,28,29). The van der Waals surface area contributed by atoms with Crippen molar-refractivity contribution in [2.75, 3.05) is 25.2 Å². The van der Waals surface area contributed by atoms with Gasteiger partial charge in [0.05, 0.1) is 5.56 Å². The molecule has 0 bridgehead atoms. The minimum Gasteiger partial charge on any atom is -0.426 e. The number of aromatic nitrogens is 3. The lowest BCUT2D eigenvalue weighted by molar-refractivity contribution is -0.161. The molecule has 0 fully saturated rings. The van der Waals surface area contributed by atoms with Gasteiger partial charge in [0.2, 0.25) is 6.79 Å². The van der Waals surface area contributed by atoms with Gasteiger partial charge in [-0.1, -0.05) is 6.07 Å². The molecule has 2 heterocycles. The number of aryl methyl sites for hydroxylation is 2. The summed E-state index contributed by atoms with van der Waals surface area (Å²) < 4.78 is 11.0. The average Bonchev–Trinajstić information content (AvgIpc) is 3.22. The van der Waals surface area contributed by atoms with Crippen LogP contribution in [0.1, 0.15) is 52.6 Å². The molecule has 3 aromatic rings. The first-order valence-electron chi connectivity index (χ1n) is 11.9. The number of carbonyl (C=O) groups excluding carboxylic acids is 4. The molecule has 0 spiro atoms.